The van der Waals surface area contributed by atoms with Gasteiger partial charge in [-0.05, 0) is 14.0 Å². The SMILES string of the molecule is CC.CC.CNCCOCCOCC(C)=O.[HH]. The third-order valence-corrected chi connectivity index (χ3v) is 1.17. The number of nitrogens with one attached hydrogen (secondary N) is 1. The van der Waals surface area contributed by atoms with Gasteiger partial charge in [-0.25, -0.2) is 0 Å². The molecular formula is C12H31NO3. The van der Waals surface area contributed by atoms with Crippen molar-refractivity contribution in [3.63, 3.8) is 0 Å². The lowest BCUT2D eigenvalue weighted by atomic mass is 10.5. The van der Waals surface area contributed by atoms with Crippen molar-refractivity contribution >= 4 is 5.78 Å². The van der Waals surface area contributed by atoms with Gasteiger partial charge < -0.3 is 14.8 Å². The Labute approximate surface area is 102 Å². The molecule has 0 aromatic heterocycles. The molecule has 0 heterocycles. The topological polar surface area (TPSA) is 47.6 Å². The second-order valence-electron chi connectivity index (χ2n) is 2.47. The molecule has 0 amide bonds. The minimum Gasteiger partial charge on any atom is -0.378 e. The van der Waals surface area contributed by atoms with Crippen LogP contribution in [0.4, 0.5) is 0 Å². The van der Waals surface area contributed by atoms with Crippen LogP contribution in [0.25, 0.3) is 0 Å². The summed E-state index contributed by atoms with van der Waals surface area (Å²) in [5.74, 6) is 0.0465. The number of carbonyl (C=O) groups is 1. The zero-order chi connectivity index (χ0) is 13.2. The molecular weight excluding hydrogens is 206 g/mol. The number of Topliss-reactive ketones (excluding diaryl/α,β-unsaturated/α-hetero) is 1. The maximum Gasteiger partial charge on any atom is 0.155 e. The Morgan fingerprint density at radius 2 is 1.56 bits per heavy atom. The lowest BCUT2D eigenvalue weighted by molar-refractivity contribution is -0.121. The summed E-state index contributed by atoms with van der Waals surface area (Å²) in [7, 11) is 1.87. The third kappa shape index (κ3) is 29.2. The van der Waals surface area contributed by atoms with E-state index in [1.807, 2.05) is 34.7 Å². The van der Waals surface area contributed by atoms with Gasteiger partial charge in [0.2, 0.25) is 0 Å². The monoisotopic (exact) mass is 237 g/mol. The molecule has 0 aliphatic heterocycles. The van der Waals surface area contributed by atoms with Gasteiger partial charge >= 0.3 is 0 Å². The molecule has 0 aromatic carbocycles. The van der Waals surface area contributed by atoms with E-state index in [4.69, 9.17) is 9.47 Å². The predicted octanol–water partition coefficient (Wildman–Crippen LogP) is 2.13. The van der Waals surface area contributed by atoms with Gasteiger partial charge in [-0.1, -0.05) is 27.7 Å². The minimum atomic E-state index is 0. The second-order valence-corrected chi connectivity index (χ2v) is 2.47. The molecule has 1 N–H and O–H groups in total. The standard InChI is InChI=1S/C8H17NO3.2C2H6.H2/c1-8(10)7-12-6-5-11-4-3-9-2;2*1-2;/h9H,3-7H2,1-2H3;2*1-2H3;1H. The lowest BCUT2D eigenvalue weighted by Crippen LogP contribution is -2.16. The van der Waals surface area contributed by atoms with Gasteiger partial charge in [-0.2, -0.15) is 0 Å². The number of ketones is 1. The quantitative estimate of drug-likeness (QED) is 0.657. The van der Waals surface area contributed by atoms with Crippen molar-refractivity contribution in [1.29, 1.82) is 0 Å². The summed E-state index contributed by atoms with van der Waals surface area (Å²) in [6.07, 6.45) is 0. The van der Waals surface area contributed by atoms with Crippen LogP contribution in [0.2, 0.25) is 0 Å². The van der Waals surface area contributed by atoms with E-state index in [-0.39, 0.29) is 13.8 Å². The Bertz CT molecular complexity index is 124. The van der Waals surface area contributed by atoms with E-state index in [9.17, 15) is 4.79 Å². The number of ether oxygens (including phenoxy) is 2. The number of carbonyl (C=O) groups excluding carboxylic acids is 1. The Kier molecular flexibility index (Phi) is 31.4. The molecule has 0 aromatic rings. The summed E-state index contributed by atoms with van der Waals surface area (Å²) in [5, 5.41) is 2.96. The van der Waals surface area contributed by atoms with E-state index in [1.165, 1.54) is 6.92 Å². The maximum absolute atomic E-state index is 10.4. The number of hydrogen-bond acceptors (Lipinski definition) is 4. The first-order chi connectivity index (χ1) is 7.77. The Morgan fingerprint density at radius 3 is 2.00 bits per heavy atom. The Hall–Kier alpha value is -0.450. The van der Waals surface area contributed by atoms with Gasteiger partial charge in [0, 0.05) is 7.97 Å². The largest absolute Gasteiger partial charge is 0.378 e. The first-order valence-corrected chi connectivity index (χ1v) is 6.07. The average molecular weight is 237 g/mol. The average Bonchev–Trinajstić information content (AvgIpc) is 2.33. The number of likely N-dealkylation sites (N-methyl/N-ethyl adjacent to an activating group) is 1. The van der Waals surface area contributed by atoms with Crippen molar-refractivity contribution < 1.29 is 15.7 Å². The van der Waals surface area contributed by atoms with E-state index in [0.717, 1.165) is 6.54 Å². The lowest BCUT2D eigenvalue weighted by Gasteiger charge is -2.03. The fourth-order valence-electron chi connectivity index (χ4n) is 0.610. The Balaban J connectivity index is -0.000000152. The molecule has 0 saturated carbocycles. The van der Waals surface area contributed by atoms with Crippen LogP contribution in [-0.2, 0) is 14.3 Å². The van der Waals surface area contributed by atoms with Crippen LogP contribution in [0.3, 0.4) is 0 Å². The van der Waals surface area contributed by atoms with E-state index < -0.39 is 0 Å². The molecule has 0 aliphatic carbocycles. The molecule has 0 bridgehead atoms. The summed E-state index contributed by atoms with van der Waals surface area (Å²) in [6.45, 7) is 12.3. The Morgan fingerprint density at radius 1 is 1.06 bits per heavy atom. The molecule has 16 heavy (non-hydrogen) atoms. The highest BCUT2D eigenvalue weighted by molar-refractivity contribution is 5.76. The van der Waals surface area contributed by atoms with Crippen LogP contribution in [0, 0.1) is 0 Å². The first-order valence-electron chi connectivity index (χ1n) is 6.07. The summed E-state index contributed by atoms with van der Waals surface area (Å²) >= 11 is 0. The van der Waals surface area contributed by atoms with Gasteiger partial charge in [0.15, 0.2) is 5.78 Å². The zero-order valence-corrected chi connectivity index (χ0v) is 11.8. The van der Waals surface area contributed by atoms with Crippen LogP contribution in [0.1, 0.15) is 36.0 Å². The summed E-state index contributed by atoms with van der Waals surface area (Å²) in [5.41, 5.74) is 0. The zero-order valence-electron chi connectivity index (χ0n) is 11.8. The highest BCUT2D eigenvalue weighted by atomic mass is 16.5. The van der Waals surface area contributed by atoms with Gasteiger partial charge in [-0.15, -0.1) is 0 Å². The van der Waals surface area contributed by atoms with Gasteiger partial charge in [0.25, 0.3) is 0 Å². The fraction of sp³-hybridized carbons (Fsp3) is 0.917. The molecule has 0 rings (SSSR count). The van der Waals surface area contributed by atoms with Gasteiger partial charge in [0.05, 0.1) is 19.8 Å². The smallest absolute Gasteiger partial charge is 0.155 e. The van der Waals surface area contributed by atoms with Crippen LogP contribution in [-0.4, -0.2) is 45.8 Å². The molecule has 0 saturated heterocycles. The molecule has 0 radical (unpaired) electrons. The molecule has 0 atom stereocenters. The molecule has 4 heteroatoms. The second kappa shape index (κ2) is 24.0. The molecule has 0 aliphatic rings. The molecule has 0 unspecified atom stereocenters. The van der Waals surface area contributed by atoms with Crippen LogP contribution >= 0.6 is 0 Å². The number of hydrogen-bond donors (Lipinski definition) is 1. The predicted molar refractivity (Wildman–Crippen MR) is 71.1 cm³/mol. The molecule has 4 nitrogen and oxygen atoms in total. The van der Waals surface area contributed by atoms with Gasteiger partial charge in [-0.3, -0.25) is 4.79 Å². The fourth-order valence-corrected chi connectivity index (χ4v) is 0.610. The van der Waals surface area contributed by atoms with Crippen molar-refractivity contribution in [3.8, 4) is 0 Å². The number of rotatable bonds is 8. The van der Waals surface area contributed by atoms with Crippen molar-refractivity contribution in [2.24, 2.45) is 0 Å². The molecule has 102 valence electrons. The van der Waals surface area contributed by atoms with Crippen molar-refractivity contribution in [1.82, 2.24) is 5.32 Å². The van der Waals surface area contributed by atoms with Crippen LogP contribution in [0.15, 0.2) is 0 Å². The van der Waals surface area contributed by atoms with Gasteiger partial charge in [0.1, 0.15) is 6.61 Å². The molecule has 0 fully saturated rings. The minimum absolute atomic E-state index is 0. The van der Waals surface area contributed by atoms with E-state index in [2.05, 4.69) is 5.32 Å². The summed E-state index contributed by atoms with van der Waals surface area (Å²) in [6, 6.07) is 0. The van der Waals surface area contributed by atoms with Crippen molar-refractivity contribution in [2.75, 3.05) is 40.0 Å². The van der Waals surface area contributed by atoms with Crippen molar-refractivity contribution in [3.05, 3.63) is 0 Å². The third-order valence-electron chi connectivity index (χ3n) is 1.17. The van der Waals surface area contributed by atoms with E-state index in [1.54, 1.807) is 0 Å². The first kappa shape index (κ1) is 20.9. The highest BCUT2D eigenvalue weighted by Crippen LogP contribution is 1.78. The highest BCUT2D eigenvalue weighted by Gasteiger charge is 1.92. The summed E-state index contributed by atoms with van der Waals surface area (Å²) in [4.78, 5) is 10.4. The van der Waals surface area contributed by atoms with E-state index >= 15 is 0 Å². The maximum atomic E-state index is 10.4. The van der Waals surface area contributed by atoms with Crippen LogP contribution in [0.5, 0.6) is 0 Å². The normalized spacial score (nSPS) is 8.38. The molecule has 0 spiro atoms. The summed E-state index contributed by atoms with van der Waals surface area (Å²) < 4.78 is 10.1. The van der Waals surface area contributed by atoms with Crippen molar-refractivity contribution in [2.45, 2.75) is 34.6 Å². The van der Waals surface area contributed by atoms with Crippen LogP contribution < -0.4 is 5.32 Å². The van der Waals surface area contributed by atoms with E-state index in [0.29, 0.717) is 19.8 Å².